The number of carboxylic acids is 1. The number of aliphatic hydroxyl groups is 1. The molecule has 2 fully saturated rings. The van der Waals surface area contributed by atoms with Gasteiger partial charge < -0.3 is 10.2 Å². The van der Waals surface area contributed by atoms with Crippen LogP contribution < -0.4 is 5.32 Å². The van der Waals surface area contributed by atoms with E-state index in [1.807, 2.05) is 25.1 Å². The minimum Gasteiger partial charge on any atom is -0.480 e. The minimum atomic E-state index is -1.88. The smallest absolute Gasteiger partial charge is 0.327 e. The van der Waals surface area contributed by atoms with Gasteiger partial charge in [0.05, 0.1) is 18.4 Å². The van der Waals surface area contributed by atoms with Crippen LogP contribution in [0.15, 0.2) is 36.9 Å². The molecule has 3 rings (SSSR count). The highest BCUT2D eigenvalue weighted by molar-refractivity contribution is 6.09. The number of hydrogen-bond acceptors (Lipinski definition) is 5. The Morgan fingerprint density at radius 3 is 2.62 bits per heavy atom. The molecule has 0 spiro atoms. The van der Waals surface area contributed by atoms with E-state index in [1.54, 1.807) is 12.1 Å². The Kier molecular flexibility index (Phi) is 4.68. The molecule has 2 amide bonds. The molecule has 1 aromatic carbocycles. The van der Waals surface area contributed by atoms with Crippen molar-refractivity contribution in [2.45, 2.75) is 24.9 Å². The molecule has 2 aliphatic heterocycles. The molecular formula is C19H22N2O5. The van der Waals surface area contributed by atoms with Crippen LogP contribution in [0.25, 0.3) is 0 Å². The molecule has 0 saturated carbocycles. The summed E-state index contributed by atoms with van der Waals surface area (Å²) in [6.45, 7) is 4.84. The monoisotopic (exact) mass is 358 g/mol. The molecule has 0 aromatic heterocycles. The van der Waals surface area contributed by atoms with Gasteiger partial charge in [0.15, 0.2) is 5.54 Å². The zero-order valence-corrected chi connectivity index (χ0v) is 14.5. The molecule has 26 heavy (non-hydrogen) atoms. The summed E-state index contributed by atoms with van der Waals surface area (Å²) in [6.07, 6.45) is 2.03. The van der Waals surface area contributed by atoms with Crippen LogP contribution >= 0.6 is 0 Å². The number of benzene rings is 1. The fourth-order valence-corrected chi connectivity index (χ4v) is 4.12. The van der Waals surface area contributed by atoms with Crippen LogP contribution in [-0.4, -0.2) is 51.6 Å². The third kappa shape index (κ3) is 2.47. The van der Waals surface area contributed by atoms with E-state index in [9.17, 15) is 24.6 Å². The third-order valence-electron chi connectivity index (χ3n) is 5.46. The molecule has 0 radical (unpaired) electrons. The van der Waals surface area contributed by atoms with Gasteiger partial charge in [-0.3, -0.25) is 24.6 Å². The van der Waals surface area contributed by atoms with Gasteiger partial charge in [-0.25, -0.2) is 0 Å². The number of aliphatic hydroxyl groups excluding tert-OH is 1. The van der Waals surface area contributed by atoms with Crippen LogP contribution in [0.2, 0.25) is 0 Å². The number of nitrogens with one attached hydrogen (secondary N) is 1. The Morgan fingerprint density at radius 1 is 1.35 bits per heavy atom. The lowest BCUT2D eigenvalue weighted by Crippen LogP contribution is -2.58. The number of carbonyl (C=O) groups is 3. The number of fused-ring (bicyclic) bond motifs is 1. The van der Waals surface area contributed by atoms with Crippen molar-refractivity contribution >= 4 is 17.8 Å². The molecule has 0 aliphatic carbocycles. The van der Waals surface area contributed by atoms with Crippen LogP contribution in [0.4, 0.5) is 0 Å². The zero-order valence-electron chi connectivity index (χ0n) is 14.5. The number of aliphatic carboxylic acids is 1. The van der Waals surface area contributed by atoms with Gasteiger partial charge >= 0.3 is 5.97 Å². The highest BCUT2D eigenvalue weighted by atomic mass is 16.4. The summed E-state index contributed by atoms with van der Waals surface area (Å²) in [6, 6.07) is 6.66. The summed E-state index contributed by atoms with van der Waals surface area (Å²) in [5.74, 6) is -4.30. The van der Waals surface area contributed by atoms with Gasteiger partial charge in [-0.05, 0) is 24.5 Å². The van der Waals surface area contributed by atoms with Crippen LogP contribution in [0.1, 0.15) is 23.6 Å². The van der Waals surface area contributed by atoms with Gasteiger partial charge in [-0.1, -0.05) is 30.3 Å². The number of amides is 2. The maximum atomic E-state index is 13.0. The first-order chi connectivity index (χ1) is 12.4. The van der Waals surface area contributed by atoms with Crippen molar-refractivity contribution in [2.75, 3.05) is 13.2 Å². The maximum Gasteiger partial charge on any atom is 0.327 e. The van der Waals surface area contributed by atoms with Crippen molar-refractivity contribution in [1.29, 1.82) is 0 Å². The average Bonchev–Trinajstić information content (AvgIpc) is 3.09. The molecular weight excluding hydrogens is 336 g/mol. The lowest BCUT2D eigenvalue weighted by molar-refractivity contribution is -0.153. The number of hydrogen-bond donors (Lipinski definition) is 3. The summed E-state index contributed by atoms with van der Waals surface area (Å²) in [7, 11) is 0. The standard InChI is InChI=1S/C19H22N2O5/c1-3-4-9-21-16(23)13-14(17(21)24)19(10-22,18(25)26)20-15(13)12-8-6-5-7-11(12)2/h3,5-8,13-15,20,22H,1,4,9-10H2,2H3,(H,25,26). The zero-order chi connectivity index (χ0) is 19.1. The molecule has 7 nitrogen and oxygen atoms in total. The Balaban J connectivity index is 2.11. The topological polar surface area (TPSA) is 107 Å². The highest BCUT2D eigenvalue weighted by Gasteiger charge is 2.68. The number of nitrogens with zero attached hydrogens (tertiary/aromatic N) is 1. The predicted octanol–water partition coefficient (Wildman–Crippen LogP) is 0.632. The lowest BCUT2D eigenvalue weighted by atomic mass is 9.79. The minimum absolute atomic E-state index is 0.162. The highest BCUT2D eigenvalue weighted by Crippen LogP contribution is 2.49. The fraction of sp³-hybridized carbons (Fsp3) is 0.421. The molecule has 2 saturated heterocycles. The lowest BCUT2D eigenvalue weighted by Gasteiger charge is -2.29. The molecule has 0 bridgehead atoms. The summed E-state index contributed by atoms with van der Waals surface area (Å²) >= 11 is 0. The second-order valence-corrected chi connectivity index (χ2v) is 6.82. The third-order valence-corrected chi connectivity index (χ3v) is 5.46. The van der Waals surface area contributed by atoms with Crippen molar-refractivity contribution in [3.05, 3.63) is 48.0 Å². The van der Waals surface area contributed by atoms with Gasteiger partial charge in [-0.2, -0.15) is 0 Å². The Morgan fingerprint density at radius 2 is 2.04 bits per heavy atom. The molecule has 2 heterocycles. The normalized spacial score (nSPS) is 30.5. The first-order valence-electron chi connectivity index (χ1n) is 8.52. The second kappa shape index (κ2) is 6.66. The second-order valence-electron chi connectivity index (χ2n) is 6.82. The number of rotatable bonds is 6. The number of aryl methyl sites for hydroxylation is 1. The first kappa shape index (κ1) is 18.3. The maximum absolute atomic E-state index is 13.0. The van der Waals surface area contributed by atoms with Crippen LogP contribution in [0.5, 0.6) is 0 Å². The van der Waals surface area contributed by atoms with E-state index < -0.39 is 47.8 Å². The van der Waals surface area contributed by atoms with Crippen molar-refractivity contribution in [3.8, 4) is 0 Å². The van der Waals surface area contributed by atoms with E-state index in [0.717, 1.165) is 16.0 Å². The van der Waals surface area contributed by atoms with Gasteiger partial charge in [0.1, 0.15) is 0 Å². The van der Waals surface area contributed by atoms with Crippen LogP contribution in [0.3, 0.4) is 0 Å². The van der Waals surface area contributed by atoms with Gasteiger partial charge in [0, 0.05) is 12.6 Å². The molecule has 4 unspecified atom stereocenters. The SMILES string of the molecule is C=CCCN1C(=O)C2C(c3ccccc3C)NC(CO)(C(=O)O)C2C1=O. The quantitative estimate of drug-likeness (QED) is 0.509. The van der Waals surface area contributed by atoms with Crippen LogP contribution in [0, 0.1) is 18.8 Å². The van der Waals surface area contributed by atoms with E-state index in [1.165, 1.54) is 0 Å². The van der Waals surface area contributed by atoms with E-state index in [2.05, 4.69) is 11.9 Å². The van der Waals surface area contributed by atoms with Crippen molar-refractivity contribution < 1.29 is 24.6 Å². The molecule has 7 heteroatoms. The summed E-state index contributed by atoms with van der Waals surface area (Å²) in [4.78, 5) is 39.0. The summed E-state index contributed by atoms with van der Waals surface area (Å²) < 4.78 is 0. The van der Waals surface area contributed by atoms with Crippen LogP contribution in [-0.2, 0) is 14.4 Å². The summed E-state index contributed by atoms with van der Waals surface area (Å²) in [5, 5.41) is 22.6. The molecule has 3 N–H and O–H groups in total. The molecule has 138 valence electrons. The molecule has 1 aromatic rings. The predicted molar refractivity (Wildman–Crippen MR) is 93.0 cm³/mol. The van der Waals surface area contributed by atoms with Gasteiger partial charge in [0.2, 0.25) is 11.8 Å². The van der Waals surface area contributed by atoms with E-state index in [0.29, 0.717) is 6.42 Å². The Bertz CT molecular complexity index is 777. The Labute approximate surface area is 151 Å². The van der Waals surface area contributed by atoms with E-state index in [-0.39, 0.29) is 6.54 Å². The van der Waals surface area contributed by atoms with Gasteiger partial charge in [-0.15, -0.1) is 6.58 Å². The van der Waals surface area contributed by atoms with Crippen molar-refractivity contribution in [2.24, 2.45) is 11.8 Å². The average molecular weight is 358 g/mol. The van der Waals surface area contributed by atoms with E-state index >= 15 is 0 Å². The number of imide groups is 1. The number of carbonyl (C=O) groups excluding carboxylic acids is 2. The fourth-order valence-electron chi connectivity index (χ4n) is 4.12. The Hall–Kier alpha value is -2.51. The van der Waals surface area contributed by atoms with E-state index in [4.69, 9.17) is 0 Å². The van der Waals surface area contributed by atoms with Crippen molar-refractivity contribution in [3.63, 3.8) is 0 Å². The number of likely N-dealkylation sites (tertiary alicyclic amines) is 1. The largest absolute Gasteiger partial charge is 0.480 e. The van der Waals surface area contributed by atoms with Crippen molar-refractivity contribution in [1.82, 2.24) is 10.2 Å². The number of carboxylic acid groups (broad SMARTS) is 1. The first-order valence-corrected chi connectivity index (χ1v) is 8.52. The van der Waals surface area contributed by atoms with Gasteiger partial charge in [0.25, 0.3) is 0 Å². The molecule has 4 atom stereocenters. The molecule has 2 aliphatic rings. The summed E-state index contributed by atoms with van der Waals surface area (Å²) in [5.41, 5.74) is -0.244.